The summed E-state index contributed by atoms with van der Waals surface area (Å²) in [6.45, 7) is 3.42. The van der Waals surface area contributed by atoms with Crippen LogP contribution in [-0.4, -0.2) is 46.8 Å². The summed E-state index contributed by atoms with van der Waals surface area (Å²) in [5.41, 5.74) is -1.12. The Morgan fingerprint density at radius 3 is 2.25 bits per heavy atom. The predicted molar refractivity (Wildman–Crippen MR) is 69.6 cm³/mol. The van der Waals surface area contributed by atoms with Gasteiger partial charge in [0.15, 0.2) is 0 Å². The maximum absolute atomic E-state index is 11.9. The van der Waals surface area contributed by atoms with Crippen molar-refractivity contribution in [2.24, 2.45) is 5.41 Å². The Labute approximate surface area is 117 Å². The quantitative estimate of drug-likeness (QED) is 0.675. The minimum Gasteiger partial charge on any atom is -0.481 e. The summed E-state index contributed by atoms with van der Waals surface area (Å²) in [6.07, 6.45) is 0.379. The van der Waals surface area contributed by atoms with Crippen LogP contribution in [0.25, 0.3) is 0 Å². The topological polar surface area (TPSA) is 104 Å². The lowest BCUT2D eigenvalue weighted by molar-refractivity contribution is -0.152. The number of aliphatic carboxylic acids is 1. The van der Waals surface area contributed by atoms with E-state index < -0.39 is 29.2 Å². The zero-order valence-corrected chi connectivity index (χ0v) is 11.9. The number of carbonyl (C=O) groups is 4. The van der Waals surface area contributed by atoms with Crippen molar-refractivity contribution in [2.75, 3.05) is 7.05 Å². The molecule has 0 radical (unpaired) electrons. The molecule has 7 nitrogen and oxygen atoms in total. The molecule has 0 spiro atoms. The van der Waals surface area contributed by atoms with Gasteiger partial charge < -0.3 is 10.4 Å². The van der Waals surface area contributed by atoms with Gasteiger partial charge in [0.25, 0.3) is 5.91 Å². The van der Waals surface area contributed by atoms with E-state index in [1.807, 2.05) is 0 Å². The summed E-state index contributed by atoms with van der Waals surface area (Å²) in [4.78, 5) is 47.2. The van der Waals surface area contributed by atoms with Gasteiger partial charge in [-0.1, -0.05) is 13.8 Å². The smallest absolute Gasteiger partial charge is 0.310 e. The molecule has 1 aliphatic heterocycles. The van der Waals surface area contributed by atoms with E-state index in [9.17, 15) is 24.3 Å². The van der Waals surface area contributed by atoms with Gasteiger partial charge in [-0.2, -0.15) is 0 Å². The molecule has 0 aromatic rings. The van der Waals surface area contributed by atoms with Crippen molar-refractivity contribution < 1.29 is 24.3 Å². The molecule has 1 heterocycles. The number of nitrogens with one attached hydrogen (secondary N) is 1. The number of likely N-dealkylation sites (N-methyl/N-ethyl adjacent to an activating group) is 1. The minimum absolute atomic E-state index is 0.0700. The molecule has 1 atom stereocenters. The predicted octanol–water partition coefficient (Wildman–Crippen LogP) is 0.141. The molecule has 1 aliphatic rings. The lowest BCUT2D eigenvalue weighted by Gasteiger charge is -2.26. The molecule has 0 aromatic heterocycles. The standard InChI is InChI=1S/C13H20N2O5/c1-4-13(5-2,12(19)20)7-9(16)14-8-6-10(17)15(3)11(8)18/h8H,4-7H2,1-3H3,(H,14,16)(H,19,20). The molecule has 0 aromatic carbocycles. The highest BCUT2D eigenvalue weighted by Crippen LogP contribution is 2.31. The van der Waals surface area contributed by atoms with Gasteiger partial charge >= 0.3 is 5.97 Å². The number of carboxylic acid groups (broad SMARTS) is 1. The van der Waals surface area contributed by atoms with Crippen LogP contribution in [0.5, 0.6) is 0 Å². The van der Waals surface area contributed by atoms with Crippen molar-refractivity contribution in [1.29, 1.82) is 0 Å². The zero-order valence-electron chi connectivity index (χ0n) is 11.9. The Morgan fingerprint density at radius 2 is 1.90 bits per heavy atom. The first kappa shape index (κ1) is 16.1. The minimum atomic E-state index is -1.12. The van der Waals surface area contributed by atoms with Gasteiger partial charge in [0.05, 0.1) is 11.8 Å². The van der Waals surface area contributed by atoms with E-state index in [1.165, 1.54) is 7.05 Å². The first-order valence-corrected chi connectivity index (χ1v) is 6.60. The highest BCUT2D eigenvalue weighted by atomic mass is 16.4. The maximum atomic E-state index is 11.9. The normalized spacial score (nSPS) is 19.4. The van der Waals surface area contributed by atoms with Crippen molar-refractivity contribution in [3.8, 4) is 0 Å². The summed E-state index contributed by atoms with van der Waals surface area (Å²) in [7, 11) is 1.36. The lowest BCUT2D eigenvalue weighted by atomic mass is 9.79. The van der Waals surface area contributed by atoms with Crippen LogP contribution in [0.2, 0.25) is 0 Å². The van der Waals surface area contributed by atoms with Crippen molar-refractivity contribution in [3.05, 3.63) is 0 Å². The molecule has 1 unspecified atom stereocenters. The molecule has 0 aliphatic carbocycles. The second kappa shape index (κ2) is 6.02. The Morgan fingerprint density at radius 1 is 1.35 bits per heavy atom. The van der Waals surface area contributed by atoms with E-state index in [4.69, 9.17) is 0 Å². The molecule has 1 saturated heterocycles. The van der Waals surface area contributed by atoms with E-state index in [2.05, 4.69) is 5.32 Å². The average Bonchev–Trinajstić information content (AvgIpc) is 2.63. The molecular weight excluding hydrogens is 264 g/mol. The van der Waals surface area contributed by atoms with Crippen LogP contribution in [0, 0.1) is 5.41 Å². The van der Waals surface area contributed by atoms with E-state index >= 15 is 0 Å². The molecule has 1 fully saturated rings. The van der Waals surface area contributed by atoms with Gasteiger partial charge in [-0.15, -0.1) is 0 Å². The number of carboxylic acids is 1. The van der Waals surface area contributed by atoms with Crippen molar-refractivity contribution in [1.82, 2.24) is 10.2 Å². The molecule has 112 valence electrons. The Kier molecular flexibility index (Phi) is 4.86. The monoisotopic (exact) mass is 284 g/mol. The summed E-state index contributed by atoms with van der Waals surface area (Å²) in [5, 5.41) is 11.7. The third-order valence-electron chi connectivity index (χ3n) is 4.02. The van der Waals surface area contributed by atoms with E-state index in [-0.39, 0.29) is 18.7 Å². The van der Waals surface area contributed by atoms with Crippen molar-refractivity contribution in [2.45, 2.75) is 45.6 Å². The number of amides is 3. The second-order valence-electron chi connectivity index (χ2n) is 5.08. The number of nitrogens with zero attached hydrogens (tertiary/aromatic N) is 1. The SMILES string of the molecule is CCC(CC)(CC(=O)NC1CC(=O)N(C)C1=O)C(=O)O. The number of hydrogen-bond acceptors (Lipinski definition) is 4. The first-order chi connectivity index (χ1) is 9.27. The Balaban J connectivity index is 2.71. The van der Waals surface area contributed by atoms with Crippen LogP contribution >= 0.6 is 0 Å². The molecule has 7 heteroatoms. The summed E-state index contributed by atoms with van der Waals surface area (Å²) in [5.74, 6) is -2.35. The van der Waals surface area contributed by atoms with Gasteiger partial charge in [-0.3, -0.25) is 24.1 Å². The second-order valence-corrected chi connectivity index (χ2v) is 5.08. The van der Waals surface area contributed by atoms with E-state index in [1.54, 1.807) is 13.8 Å². The van der Waals surface area contributed by atoms with E-state index in [0.717, 1.165) is 4.90 Å². The van der Waals surface area contributed by atoms with Crippen LogP contribution in [0.1, 0.15) is 39.5 Å². The van der Waals surface area contributed by atoms with Gasteiger partial charge in [-0.05, 0) is 12.8 Å². The number of imide groups is 1. The molecular formula is C13H20N2O5. The lowest BCUT2D eigenvalue weighted by Crippen LogP contribution is -2.44. The van der Waals surface area contributed by atoms with Gasteiger partial charge in [-0.25, -0.2) is 0 Å². The highest BCUT2D eigenvalue weighted by Gasteiger charge is 2.40. The first-order valence-electron chi connectivity index (χ1n) is 6.60. The largest absolute Gasteiger partial charge is 0.481 e. The van der Waals surface area contributed by atoms with Crippen LogP contribution < -0.4 is 5.32 Å². The fourth-order valence-corrected chi connectivity index (χ4v) is 2.30. The number of carbonyl (C=O) groups excluding carboxylic acids is 3. The molecule has 20 heavy (non-hydrogen) atoms. The fourth-order valence-electron chi connectivity index (χ4n) is 2.30. The third-order valence-corrected chi connectivity index (χ3v) is 4.02. The Hall–Kier alpha value is -1.92. The van der Waals surface area contributed by atoms with E-state index in [0.29, 0.717) is 12.8 Å². The average molecular weight is 284 g/mol. The van der Waals surface area contributed by atoms with Crippen molar-refractivity contribution in [3.63, 3.8) is 0 Å². The van der Waals surface area contributed by atoms with Gasteiger partial charge in [0.1, 0.15) is 6.04 Å². The Bertz CT molecular complexity index is 442. The van der Waals surface area contributed by atoms with Gasteiger partial charge in [0.2, 0.25) is 11.8 Å². The summed E-state index contributed by atoms with van der Waals surface area (Å²) in [6, 6.07) is -0.875. The van der Waals surface area contributed by atoms with Crippen LogP contribution in [-0.2, 0) is 19.2 Å². The fraction of sp³-hybridized carbons (Fsp3) is 0.692. The number of hydrogen-bond donors (Lipinski definition) is 2. The van der Waals surface area contributed by atoms with Crippen LogP contribution in [0.4, 0.5) is 0 Å². The van der Waals surface area contributed by atoms with Gasteiger partial charge in [0, 0.05) is 13.5 Å². The third kappa shape index (κ3) is 2.97. The molecule has 0 saturated carbocycles. The molecule has 2 N–H and O–H groups in total. The van der Waals surface area contributed by atoms with Crippen molar-refractivity contribution >= 4 is 23.7 Å². The highest BCUT2D eigenvalue weighted by molar-refractivity contribution is 6.06. The maximum Gasteiger partial charge on any atom is 0.310 e. The summed E-state index contributed by atoms with van der Waals surface area (Å²) >= 11 is 0. The molecule has 3 amide bonds. The van der Waals surface area contributed by atoms with Crippen LogP contribution in [0.15, 0.2) is 0 Å². The molecule has 0 bridgehead atoms. The number of rotatable bonds is 6. The zero-order chi connectivity index (χ0) is 15.5. The van der Waals surface area contributed by atoms with Crippen LogP contribution in [0.3, 0.4) is 0 Å². The number of likely N-dealkylation sites (tertiary alicyclic amines) is 1. The molecule has 1 rings (SSSR count). The summed E-state index contributed by atoms with van der Waals surface area (Å²) < 4.78 is 0.